The van der Waals surface area contributed by atoms with Gasteiger partial charge in [0.1, 0.15) is 0 Å². The van der Waals surface area contributed by atoms with Crippen LogP contribution < -0.4 is 4.72 Å². The van der Waals surface area contributed by atoms with E-state index >= 15 is 0 Å². The molecule has 0 radical (unpaired) electrons. The Kier molecular flexibility index (Phi) is 5.93. The van der Waals surface area contributed by atoms with Gasteiger partial charge in [-0.15, -0.1) is 0 Å². The maximum atomic E-state index is 12.4. The number of carbonyl (C=O) groups excluding carboxylic acids is 1. The zero-order valence-electron chi connectivity index (χ0n) is 14.4. The lowest BCUT2D eigenvalue weighted by molar-refractivity contribution is -0.384. The fourth-order valence-corrected chi connectivity index (χ4v) is 3.42. The molecule has 0 aliphatic heterocycles. The molecule has 0 fully saturated rings. The van der Waals surface area contributed by atoms with Gasteiger partial charge in [0.15, 0.2) is 0 Å². The number of rotatable bonds is 7. The number of carbonyl (C=O) groups is 1. The van der Waals surface area contributed by atoms with Crippen LogP contribution in [-0.4, -0.2) is 37.2 Å². The smallest absolute Gasteiger partial charge is 0.269 e. The number of sulfonamides is 1. The summed E-state index contributed by atoms with van der Waals surface area (Å²) >= 11 is 0. The van der Waals surface area contributed by atoms with E-state index in [4.69, 9.17) is 0 Å². The molecule has 9 heteroatoms. The second kappa shape index (κ2) is 7.96. The fourth-order valence-electron chi connectivity index (χ4n) is 2.37. The predicted octanol–water partition coefficient (Wildman–Crippen LogP) is 2.88. The van der Waals surface area contributed by atoms with Crippen molar-refractivity contribution in [2.24, 2.45) is 0 Å². The van der Waals surface area contributed by atoms with E-state index < -0.39 is 14.9 Å². The molecule has 1 amide bonds. The number of nitrogens with one attached hydrogen (secondary N) is 1. The van der Waals surface area contributed by atoms with Crippen molar-refractivity contribution < 1.29 is 18.1 Å². The number of nitro benzene ring substituents is 1. The summed E-state index contributed by atoms with van der Waals surface area (Å²) in [4.78, 5) is 24.0. The van der Waals surface area contributed by atoms with Crippen molar-refractivity contribution in [3.8, 4) is 0 Å². The third-order valence-corrected chi connectivity index (χ3v) is 5.17. The molecule has 0 atom stereocenters. The van der Waals surface area contributed by atoms with Crippen LogP contribution in [0.3, 0.4) is 0 Å². The van der Waals surface area contributed by atoms with E-state index in [1.165, 1.54) is 12.1 Å². The summed E-state index contributed by atoms with van der Waals surface area (Å²) in [6.45, 7) is 4.83. The van der Waals surface area contributed by atoms with Crippen molar-refractivity contribution in [1.82, 2.24) is 4.90 Å². The first-order chi connectivity index (χ1) is 12.3. The maximum absolute atomic E-state index is 12.4. The first kappa shape index (κ1) is 19.4. The summed E-state index contributed by atoms with van der Waals surface area (Å²) in [6.07, 6.45) is 0. The monoisotopic (exact) mass is 377 g/mol. The van der Waals surface area contributed by atoms with Crippen LogP contribution >= 0.6 is 0 Å². The van der Waals surface area contributed by atoms with Crippen LogP contribution in [0.4, 0.5) is 11.4 Å². The van der Waals surface area contributed by atoms with Crippen LogP contribution in [0.1, 0.15) is 24.2 Å². The van der Waals surface area contributed by atoms with Crippen LogP contribution in [0, 0.1) is 10.1 Å². The lowest BCUT2D eigenvalue weighted by atomic mass is 10.2. The van der Waals surface area contributed by atoms with Gasteiger partial charge in [-0.2, -0.15) is 0 Å². The first-order valence-electron chi connectivity index (χ1n) is 7.95. The van der Waals surface area contributed by atoms with Crippen molar-refractivity contribution in [1.29, 1.82) is 0 Å². The van der Waals surface area contributed by atoms with Gasteiger partial charge in [0.25, 0.3) is 21.6 Å². The summed E-state index contributed by atoms with van der Waals surface area (Å²) in [5, 5.41) is 10.7. The number of non-ortho nitro benzene ring substituents is 1. The minimum Gasteiger partial charge on any atom is -0.339 e. The Labute approximate surface area is 151 Å². The molecular weight excluding hydrogens is 358 g/mol. The number of benzene rings is 2. The van der Waals surface area contributed by atoms with Crippen molar-refractivity contribution in [2.75, 3.05) is 17.8 Å². The van der Waals surface area contributed by atoms with E-state index in [0.29, 0.717) is 18.7 Å². The largest absolute Gasteiger partial charge is 0.339 e. The molecule has 0 unspecified atom stereocenters. The highest BCUT2D eigenvalue weighted by Gasteiger charge is 2.18. The Morgan fingerprint density at radius 3 is 2.27 bits per heavy atom. The molecule has 0 saturated heterocycles. The molecule has 1 N–H and O–H groups in total. The molecule has 0 aromatic heterocycles. The fraction of sp³-hybridized carbons (Fsp3) is 0.235. The number of nitrogens with zero attached hydrogens (tertiary/aromatic N) is 2. The van der Waals surface area contributed by atoms with E-state index in [1.54, 1.807) is 17.0 Å². The topological polar surface area (TPSA) is 110 Å². The molecule has 26 heavy (non-hydrogen) atoms. The molecule has 8 nitrogen and oxygen atoms in total. The Hall–Kier alpha value is -2.94. The lowest BCUT2D eigenvalue weighted by Gasteiger charge is -2.19. The molecule has 0 saturated carbocycles. The normalized spacial score (nSPS) is 11.0. The Bertz CT molecular complexity index is 906. The summed E-state index contributed by atoms with van der Waals surface area (Å²) in [6, 6.07) is 10.8. The average Bonchev–Trinajstić information content (AvgIpc) is 2.62. The minimum absolute atomic E-state index is 0.108. The van der Waals surface area contributed by atoms with Crippen LogP contribution in [0.5, 0.6) is 0 Å². The van der Waals surface area contributed by atoms with Gasteiger partial charge in [-0.05, 0) is 44.2 Å². The van der Waals surface area contributed by atoms with Gasteiger partial charge in [0.2, 0.25) is 0 Å². The van der Waals surface area contributed by atoms with Gasteiger partial charge >= 0.3 is 0 Å². The minimum atomic E-state index is -3.93. The number of hydrogen-bond acceptors (Lipinski definition) is 5. The van der Waals surface area contributed by atoms with Gasteiger partial charge < -0.3 is 4.90 Å². The van der Waals surface area contributed by atoms with E-state index in [2.05, 4.69) is 4.72 Å². The van der Waals surface area contributed by atoms with Crippen molar-refractivity contribution in [3.63, 3.8) is 0 Å². The third-order valence-electron chi connectivity index (χ3n) is 3.77. The predicted molar refractivity (Wildman–Crippen MR) is 97.6 cm³/mol. The summed E-state index contributed by atoms with van der Waals surface area (Å²) < 4.78 is 27.3. The van der Waals surface area contributed by atoms with Crippen molar-refractivity contribution in [2.45, 2.75) is 18.7 Å². The van der Waals surface area contributed by atoms with E-state index in [1.807, 2.05) is 13.8 Å². The first-order valence-corrected chi connectivity index (χ1v) is 9.43. The van der Waals surface area contributed by atoms with Gasteiger partial charge in [-0.25, -0.2) is 8.42 Å². The quantitative estimate of drug-likeness (QED) is 0.589. The molecule has 138 valence electrons. The number of nitro groups is 1. The molecule has 0 spiro atoms. The number of amides is 1. The Balaban J connectivity index is 2.25. The summed E-state index contributed by atoms with van der Waals surface area (Å²) in [5.41, 5.74) is 0.412. The molecule has 2 aromatic rings. The molecule has 0 heterocycles. The summed E-state index contributed by atoms with van der Waals surface area (Å²) in [7, 11) is -3.93. The Morgan fingerprint density at radius 1 is 1.12 bits per heavy atom. The van der Waals surface area contributed by atoms with Gasteiger partial charge in [-0.1, -0.05) is 6.07 Å². The highest BCUT2D eigenvalue weighted by molar-refractivity contribution is 7.92. The molecule has 2 aromatic carbocycles. The van der Waals surface area contributed by atoms with Crippen molar-refractivity contribution >= 4 is 27.3 Å². The SMILES string of the molecule is CCN(CC)C(=O)c1cccc(NS(=O)(=O)c2ccc([N+](=O)[O-])cc2)c1. The van der Waals surface area contributed by atoms with E-state index in [0.717, 1.165) is 24.3 Å². The van der Waals surface area contributed by atoms with Crippen LogP contribution in [0.25, 0.3) is 0 Å². The second-order valence-electron chi connectivity index (χ2n) is 5.41. The van der Waals surface area contributed by atoms with Crippen LogP contribution in [-0.2, 0) is 10.0 Å². The highest BCUT2D eigenvalue weighted by Crippen LogP contribution is 2.20. The average molecular weight is 377 g/mol. The number of hydrogen-bond donors (Lipinski definition) is 1. The van der Waals surface area contributed by atoms with Crippen molar-refractivity contribution in [3.05, 3.63) is 64.2 Å². The highest BCUT2D eigenvalue weighted by atomic mass is 32.2. The molecule has 0 bridgehead atoms. The van der Waals surface area contributed by atoms with Crippen LogP contribution in [0.2, 0.25) is 0 Å². The van der Waals surface area contributed by atoms with Gasteiger partial charge in [0.05, 0.1) is 9.82 Å². The number of anilines is 1. The zero-order valence-corrected chi connectivity index (χ0v) is 15.2. The lowest BCUT2D eigenvalue weighted by Crippen LogP contribution is -2.30. The zero-order chi connectivity index (χ0) is 19.3. The van der Waals surface area contributed by atoms with Gasteiger partial charge in [0, 0.05) is 36.5 Å². The molecule has 2 rings (SSSR count). The Morgan fingerprint density at radius 2 is 1.73 bits per heavy atom. The maximum Gasteiger partial charge on any atom is 0.269 e. The third kappa shape index (κ3) is 4.37. The standard InChI is InChI=1S/C17H19N3O5S/c1-3-19(4-2)17(21)13-6-5-7-14(12-13)18-26(24,25)16-10-8-15(9-11-16)20(22)23/h5-12,18H,3-4H2,1-2H3. The van der Waals surface area contributed by atoms with E-state index in [-0.39, 0.29) is 22.2 Å². The summed E-state index contributed by atoms with van der Waals surface area (Å²) in [5.74, 6) is -0.189. The molecular formula is C17H19N3O5S. The van der Waals surface area contributed by atoms with E-state index in [9.17, 15) is 23.3 Å². The molecule has 0 aliphatic carbocycles. The van der Waals surface area contributed by atoms with Gasteiger partial charge in [-0.3, -0.25) is 19.6 Å². The molecule has 0 aliphatic rings. The van der Waals surface area contributed by atoms with Crippen LogP contribution in [0.15, 0.2) is 53.4 Å². The second-order valence-corrected chi connectivity index (χ2v) is 7.10.